The van der Waals surface area contributed by atoms with Gasteiger partial charge < -0.3 is 14.8 Å². The van der Waals surface area contributed by atoms with Gasteiger partial charge in [0.25, 0.3) is 5.91 Å². The minimum Gasteiger partial charge on any atom is -0.490 e. The fraction of sp³-hybridized carbons (Fsp3) is 0.542. The number of hydrogen-bond donors (Lipinski definition) is 1. The summed E-state index contributed by atoms with van der Waals surface area (Å²) in [4.78, 5) is 13.3. The van der Waals surface area contributed by atoms with Gasteiger partial charge in [-0.15, -0.1) is 0 Å². The van der Waals surface area contributed by atoms with Gasteiger partial charge in [0.2, 0.25) is 0 Å². The number of anilines is 1. The Labute approximate surface area is 168 Å². The molecular weight excluding hydrogens is 350 g/mol. The average molecular weight is 384 g/mol. The Kier molecular flexibility index (Phi) is 6.61. The Bertz CT molecular complexity index is 809. The maximum atomic E-state index is 13.3. The second-order valence-corrected chi connectivity index (χ2v) is 8.06. The first-order valence-electron chi connectivity index (χ1n) is 10.6. The molecule has 0 spiro atoms. The Morgan fingerprint density at radius 2 is 1.82 bits per heavy atom. The molecule has 4 heteroatoms. The van der Waals surface area contributed by atoms with Crippen molar-refractivity contribution in [2.24, 2.45) is 5.92 Å². The molecule has 0 saturated heterocycles. The highest BCUT2D eigenvalue weighted by Gasteiger charge is 2.42. The molecule has 0 unspecified atom stereocenters. The van der Waals surface area contributed by atoms with Crippen LogP contribution >= 0.6 is 0 Å². The number of nitrogens with one attached hydrogen (secondary N) is 1. The third kappa shape index (κ3) is 4.33. The Morgan fingerprint density at radius 3 is 2.46 bits per heavy atom. The van der Waals surface area contributed by atoms with E-state index in [1.807, 2.05) is 43.3 Å². The lowest BCUT2D eigenvalue weighted by Crippen LogP contribution is -2.48. The van der Waals surface area contributed by atoms with Crippen molar-refractivity contribution in [1.29, 1.82) is 0 Å². The van der Waals surface area contributed by atoms with Crippen LogP contribution < -0.4 is 10.1 Å². The van der Waals surface area contributed by atoms with Crippen molar-refractivity contribution >= 4 is 22.4 Å². The van der Waals surface area contributed by atoms with Crippen LogP contribution in [-0.4, -0.2) is 24.2 Å². The summed E-state index contributed by atoms with van der Waals surface area (Å²) in [7, 11) is 0. The van der Waals surface area contributed by atoms with E-state index in [-0.39, 0.29) is 12.0 Å². The SMILES string of the molecule is CCOC1(C(=O)Nc2ccc(O[C@@H](C)CC)c3ccccc23)CCC(C)CC1. The molecule has 0 aromatic heterocycles. The van der Waals surface area contributed by atoms with Crippen molar-refractivity contribution in [3.05, 3.63) is 36.4 Å². The van der Waals surface area contributed by atoms with Crippen LogP contribution in [0.5, 0.6) is 5.75 Å². The van der Waals surface area contributed by atoms with E-state index in [9.17, 15) is 4.79 Å². The summed E-state index contributed by atoms with van der Waals surface area (Å²) >= 11 is 0. The fourth-order valence-electron chi connectivity index (χ4n) is 3.96. The van der Waals surface area contributed by atoms with Gasteiger partial charge in [-0.1, -0.05) is 38.1 Å². The molecule has 1 aliphatic rings. The van der Waals surface area contributed by atoms with Gasteiger partial charge in [-0.2, -0.15) is 0 Å². The molecule has 152 valence electrons. The van der Waals surface area contributed by atoms with Crippen LogP contribution in [-0.2, 0) is 9.53 Å². The number of carbonyl (C=O) groups is 1. The van der Waals surface area contributed by atoms with E-state index < -0.39 is 5.60 Å². The number of carbonyl (C=O) groups excluding carboxylic acids is 1. The maximum absolute atomic E-state index is 13.3. The summed E-state index contributed by atoms with van der Waals surface area (Å²) in [5, 5.41) is 5.18. The lowest BCUT2D eigenvalue weighted by Gasteiger charge is -2.37. The summed E-state index contributed by atoms with van der Waals surface area (Å²) in [5.41, 5.74) is 0.101. The quantitative estimate of drug-likeness (QED) is 0.643. The van der Waals surface area contributed by atoms with E-state index in [2.05, 4.69) is 26.1 Å². The van der Waals surface area contributed by atoms with Crippen LogP contribution in [0.4, 0.5) is 5.69 Å². The van der Waals surface area contributed by atoms with Crippen molar-refractivity contribution in [2.45, 2.75) is 71.5 Å². The summed E-state index contributed by atoms with van der Waals surface area (Å²) in [6.07, 6.45) is 4.70. The van der Waals surface area contributed by atoms with Crippen LogP contribution in [0, 0.1) is 5.92 Å². The number of ether oxygens (including phenoxy) is 2. The molecule has 1 fully saturated rings. The monoisotopic (exact) mass is 383 g/mol. The number of amides is 1. The normalized spacial score (nSPS) is 23.4. The molecule has 1 N–H and O–H groups in total. The molecule has 28 heavy (non-hydrogen) atoms. The van der Waals surface area contributed by atoms with Crippen molar-refractivity contribution < 1.29 is 14.3 Å². The first kappa shape index (κ1) is 20.7. The van der Waals surface area contributed by atoms with Gasteiger partial charge in [0.1, 0.15) is 11.4 Å². The highest BCUT2D eigenvalue weighted by Crippen LogP contribution is 2.37. The molecule has 3 rings (SSSR count). The lowest BCUT2D eigenvalue weighted by molar-refractivity contribution is -0.146. The lowest BCUT2D eigenvalue weighted by atomic mass is 9.78. The van der Waals surface area contributed by atoms with Crippen LogP contribution in [0.3, 0.4) is 0 Å². The molecular formula is C24H33NO3. The van der Waals surface area contributed by atoms with E-state index >= 15 is 0 Å². The van der Waals surface area contributed by atoms with Crippen molar-refractivity contribution in [3.8, 4) is 5.75 Å². The standard InChI is InChI=1S/C24H33NO3/c1-5-18(4)28-22-12-11-21(19-9-7-8-10-20(19)22)25-23(26)24(27-6-2)15-13-17(3)14-16-24/h7-12,17-18H,5-6,13-16H2,1-4H3,(H,25,26)/t17?,18-,24?/m0/s1. The molecule has 2 aromatic rings. The zero-order valence-electron chi connectivity index (χ0n) is 17.6. The third-order valence-corrected chi connectivity index (χ3v) is 5.95. The molecule has 1 saturated carbocycles. The topological polar surface area (TPSA) is 47.6 Å². The average Bonchev–Trinajstić information content (AvgIpc) is 2.71. The van der Waals surface area contributed by atoms with E-state index in [4.69, 9.17) is 9.47 Å². The molecule has 0 heterocycles. The summed E-state index contributed by atoms with van der Waals surface area (Å²) in [6, 6.07) is 12.0. The molecule has 4 nitrogen and oxygen atoms in total. The number of rotatable bonds is 7. The van der Waals surface area contributed by atoms with Gasteiger partial charge in [0.15, 0.2) is 0 Å². The van der Waals surface area contributed by atoms with Gasteiger partial charge in [0, 0.05) is 23.1 Å². The molecule has 0 radical (unpaired) electrons. The number of hydrogen-bond acceptors (Lipinski definition) is 3. The highest BCUT2D eigenvalue weighted by atomic mass is 16.5. The second kappa shape index (κ2) is 8.95. The zero-order valence-corrected chi connectivity index (χ0v) is 17.6. The molecule has 2 aromatic carbocycles. The molecule has 0 aliphatic heterocycles. The molecule has 1 aliphatic carbocycles. The summed E-state index contributed by atoms with van der Waals surface area (Å²) in [5.74, 6) is 1.48. The number of fused-ring (bicyclic) bond motifs is 1. The van der Waals surface area contributed by atoms with E-state index in [1.54, 1.807) is 0 Å². The Balaban J connectivity index is 1.89. The maximum Gasteiger partial charge on any atom is 0.256 e. The van der Waals surface area contributed by atoms with Crippen molar-refractivity contribution in [2.75, 3.05) is 11.9 Å². The summed E-state index contributed by atoms with van der Waals surface area (Å²) in [6.45, 7) is 8.94. The molecule has 0 bridgehead atoms. The van der Waals surface area contributed by atoms with Gasteiger partial charge in [-0.25, -0.2) is 0 Å². The molecule has 1 amide bonds. The van der Waals surface area contributed by atoms with Gasteiger partial charge >= 0.3 is 0 Å². The van der Waals surface area contributed by atoms with E-state index in [0.29, 0.717) is 12.5 Å². The van der Waals surface area contributed by atoms with Crippen molar-refractivity contribution in [1.82, 2.24) is 0 Å². The van der Waals surface area contributed by atoms with E-state index in [1.165, 1.54) is 0 Å². The fourth-order valence-corrected chi connectivity index (χ4v) is 3.96. The van der Waals surface area contributed by atoms with Gasteiger partial charge in [0.05, 0.1) is 6.10 Å². The zero-order chi connectivity index (χ0) is 20.1. The third-order valence-electron chi connectivity index (χ3n) is 5.95. The highest BCUT2D eigenvalue weighted by molar-refractivity contribution is 6.06. The van der Waals surface area contributed by atoms with E-state index in [0.717, 1.165) is 54.3 Å². The smallest absolute Gasteiger partial charge is 0.256 e. The van der Waals surface area contributed by atoms with Crippen molar-refractivity contribution in [3.63, 3.8) is 0 Å². The summed E-state index contributed by atoms with van der Waals surface area (Å²) < 4.78 is 12.1. The Morgan fingerprint density at radius 1 is 1.14 bits per heavy atom. The predicted octanol–water partition coefficient (Wildman–Crippen LogP) is 5.94. The Hall–Kier alpha value is -2.07. The van der Waals surface area contributed by atoms with Crippen LogP contribution in [0.1, 0.15) is 59.8 Å². The first-order valence-corrected chi connectivity index (χ1v) is 10.6. The predicted molar refractivity (Wildman–Crippen MR) is 115 cm³/mol. The number of benzene rings is 2. The minimum atomic E-state index is -0.714. The van der Waals surface area contributed by atoms with Gasteiger partial charge in [-0.3, -0.25) is 4.79 Å². The largest absolute Gasteiger partial charge is 0.490 e. The first-order chi connectivity index (χ1) is 13.5. The minimum absolute atomic E-state index is 0.0259. The second-order valence-electron chi connectivity index (χ2n) is 8.06. The van der Waals surface area contributed by atoms with Crippen LogP contribution in [0.15, 0.2) is 36.4 Å². The van der Waals surface area contributed by atoms with Crippen LogP contribution in [0.2, 0.25) is 0 Å². The van der Waals surface area contributed by atoms with Crippen LogP contribution in [0.25, 0.3) is 10.8 Å². The molecule has 1 atom stereocenters. The van der Waals surface area contributed by atoms with Gasteiger partial charge in [-0.05, 0) is 64.0 Å².